The van der Waals surface area contributed by atoms with E-state index in [0.717, 1.165) is 0 Å². The third kappa shape index (κ3) is 4.11. The lowest BCUT2D eigenvalue weighted by Crippen LogP contribution is -2.16. The minimum absolute atomic E-state index is 0.394. The summed E-state index contributed by atoms with van der Waals surface area (Å²) in [5.41, 5.74) is -1.40. The van der Waals surface area contributed by atoms with Crippen molar-refractivity contribution in [2.24, 2.45) is 0 Å². The molecule has 0 heterocycles. The first-order chi connectivity index (χ1) is 7.99. The monoisotopic (exact) mass is 292 g/mol. The first-order valence-corrected chi connectivity index (χ1v) is 5.56. The van der Waals surface area contributed by atoms with Crippen molar-refractivity contribution in [2.45, 2.75) is 12.6 Å². The Labute approximate surface area is 97.9 Å². The molecule has 0 aliphatic rings. The van der Waals surface area contributed by atoms with Crippen molar-refractivity contribution in [2.75, 3.05) is 0 Å². The molecule has 102 valence electrons. The highest BCUT2D eigenvalue weighted by molar-refractivity contribution is 7.81. The maximum Gasteiger partial charge on any atom is 0.446 e. The van der Waals surface area contributed by atoms with Crippen LogP contribution in [0.2, 0.25) is 0 Å². The molecule has 0 fully saturated rings. The third-order valence-corrected chi connectivity index (χ3v) is 2.11. The number of halogens is 5. The van der Waals surface area contributed by atoms with E-state index in [2.05, 4.69) is 4.18 Å². The van der Waals surface area contributed by atoms with Crippen LogP contribution in [0.5, 0.6) is 5.75 Å². The van der Waals surface area contributed by atoms with Crippen molar-refractivity contribution in [3.8, 4) is 5.75 Å². The second kappa shape index (κ2) is 4.69. The summed E-state index contributed by atoms with van der Waals surface area (Å²) in [5.74, 6) is -4.57. The summed E-state index contributed by atoms with van der Waals surface area (Å²) in [6.45, 7) is 0. The normalized spacial score (nSPS) is 12.6. The Morgan fingerprint density at radius 3 is 2.22 bits per heavy atom. The zero-order chi connectivity index (χ0) is 14.1. The minimum Gasteiger partial charge on any atom is -0.359 e. The molecule has 18 heavy (non-hydrogen) atoms. The van der Waals surface area contributed by atoms with Crippen molar-refractivity contribution < 1.29 is 39.1 Å². The van der Waals surface area contributed by atoms with E-state index in [-0.39, 0.29) is 0 Å². The van der Waals surface area contributed by atoms with E-state index < -0.39 is 45.9 Å². The highest BCUT2D eigenvalue weighted by atomic mass is 32.3. The molecule has 10 heteroatoms. The molecule has 0 unspecified atom stereocenters. The van der Waals surface area contributed by atoms with Gasteiger partial charge in [-0.25, -0.2) is 8.78 Å². The average Bonchev–Trinajstić information content (AvgIpc) is 2.14. The van der Waals surface area contributed by atoms with E-state index >= 15 is 0 Å². The molecular weight excluding hydrogens is 287 g/mol. The number of benzene rings is 1. The van der Waals surface area contributed by atoms with Gasteiger partial charge in [0.25, 0.3) is 0 Å². The summed E-state index contributed by atoms with van der Waals surface area (Å²) in [6, 6.07) is 0.836. The van der Waals surface area contributed by atoms with Crippen LogP contribution in [0.4, 0.5) is 22.0 Å². The molecule has 0 radical (unpaired) electrons. The van der Waals surface area contributed by atoms with E-state index in [9.17, 15) is 30.4 Å². The van der Waals surface area contributed by atoms with Crippen molar-refractivity contribution in [1.82, 2.24) is 0 Å². The predicted octanol–water partition coefficient (Wildman–Crippen LogP) is 2.25. The van der Waals surface area contributed by atoms with Gasteiger partial charge in [-0.15, -0.1) is 0 Å². The molecule has 1 aromatic rings. The van der Waals surface area contributed by atoms with E-state index in [0.29, 0.717) is 12.1 Å². The molecule has 0 bridgehead atoms. The number of hydrogen-bond acceptors (Lipinski definition) is 3. The Morgan fingerprint density at radius 1 is 1.22 bits per heavy atom. The predicted molar refractivity (Wildman–Crippen MR) is 48.3 cm³/mol. The van der Waals surface area contributed by atoms with Gasteiger partial charge in [0, 0.05) is 5.56 Å². The maximum atomic E-state index is 13.4. The molecule has 0 aromatic heterocycles. The first kappa shape index (κ1) is 14.6. The second-order valence-corrected chi connectivity index (χ2v) is 4.16. The van der Waals surface area contributed by atoms with Crippen molar-refractivity contribution in [3.05, 3.63) is 29.3 Å². The zero-order valence-corrected chi connectivity index (χ0v) is 9.15. The lowest BCUT2D eigenvalue weighted by Gasteiger charge is -2.10. The lowest BCUT2D eigenvalue weighted by molar-refractivity contribution is -0.128. The van der Waals surface area contributed by atoms with Gasteiger partial charge in [0.05, 0.1) is 6.42 Å². The fourth-order valence-electron chi connectivity index (χ4n) is 1.12. The number of rotatable bonds is 3. The Kier molecular flexibility index (Phi) is 3.81. The molecule has 0 aliphatic carbocycles. The number of alkyl halides is 3. The Hall–Kier alpha value is -1.42. The van der Waals surface area contributed by atoms with Gasteiger partial charge in [0.15, 0.2) is 11.6 Å². The highest BCUT2D eigenvalue weighted by Gasteiger charge is 2.32. The standard InChI is InChI=1S/C8H5F5O4S/c9-5-1-2-6(17-18(14,15)16)7(10)4(5)3-8(11,12)13/h1-2H,3H2,(H,14,15,16). The van der Waals surface area contributed by atoms with E-state index in [1.807, 2.05) is 0 Å². The lowest BCUT2D eigenvalue weighted by atomic mass is 10.1. The summed E-state index contributed by atoms with van der Waals surface area (Å²) in [4.78, 5) is 0. The quantitative estimate of drug-likeness (QED) is 0.685. The fourth-order valence-corrected chi connectivity index (χ4v) is 1.47. The molecule has 0 saturated carbocycles. The molecule has 0 spiro atoms. The highest BCUT2D eigenvalue weighted by Crippen LogP contribution is 2.29. The van der Waals surface area contributed by atoms with Gasteiger partial charge in [-0.1, -0.05) is 0 Å². The molecule has 1 aromatic carbocycles. The van der Waals surface area contributed by atoms with Gasteiger partial charge in [0.1, 0.15) is 5.82 Å². The fraction of sp³-hybridized carbons (Fsp3) is 0.250. The van der Waals surface area contributed by atoms with Crippen LogP contribution in [0.25, 0.3) is 0 Å². The summed E-state index contributed by atoms with van der Waals surface area (Å²) in [5, 5.41) is 0. The maximum absolute atomic E-state index is 13.4. The van der Waals surface area contributed by atoms with E-state index in [1.165, 1.54) is 0 Å². The van der Waals surface area contributed by atoms with Crippen LogP contribution >= 0.6 is 0 Å². The minimum atomic E-state index is -5.12. The van der Waals surface area contributed by atoms with Crippen LogP contribution in [0.15, 0.2) is 12.1 Å². The van der Waals surface area contributed by atoms with Gasteiger partial charge in [-0.05, 0) is 12.1 Å². The van der Waals surface area contributed by atoms with E-state index in [4.69, 9.17) is 4.55 Å². The Morgan fingerprint density at radius 2 is 1.78 bits per heavy atom. The summed E-state index contributed by atoms with van der Waals surface area (Å²) >= 11 is 0. The molecule has 1 N–H and O–H groups in total. The van der Waals surface area contributed by atoms with Crippen LogP contribution in [-0.2, 0) is 16.8 Å². The molecule has 0 aliphatic heterocycles. The smallest absolute Gasteiger partial charge is 0.359 e. The van der Waals surface area contributed by atoms with Crippen molar-refractivity contribution in [3.63, 3.8) is 0 Å². The van der Waals surface area contributed by atoms with Crippen molar-refractivity contribution in [1.29, 1.82) is 0 Å². The van der Waals surface area contributed by atoms with Crippen LogP contribution in [0.1, 0.15) is 5.56 Å². The molecule has 0 atom stereocenters. The van der Waals surface area contributed by atoms with Crippen molar-refractivity contribution >= 4 is 10.4 Å². The topological polar surface area (TPSA) is 63.6 Å². The Balaban J connectivity index is 3.23. The third-order valence-electron chi connectivity index (χ3n) is 1.72. The molecule has 0 amide bonds. The van der Waals surface area contributed by atoms with Crippen LogP contribution < -0.4 is 4.18 Å². The zero-order valence-electron chi connectivity index (χ0n) is 8.33. The summed E-state index contributed by atoms with van der Waals surface area (Å²) in [7, 11) is -5.12. The largest absolute Gasteiger partial charge is 0.446 e. The molecular formula is C8H5F5O4S. The second-order valence-electron chi connectivity index (χ2n) is 3.14. The van der Waals surface area contributed by atoms with Crippen LogP contribution in [0.3, 0.4) is 0 Å². The molecule has 1 rings (SSSR count). The van der Waals surface area contributed by atoms with Gasteiger partial charge in [-0.2, -0.15) is 21.6 Å². The van der Waals surface area contributed by atoms with Crippen LogP contribution in [-0.4, -0.2) is 19.1 Å². The Bertz CT molecular complexity index is 551. The van der Waals surface area contributed by atoms with Gasteiger partial charge in [0.2, 0.25) is 0 Å². The number of hydrogen-bond donors (Lipinski definition) is 1. The van der Waals surface area contributed by atoms with Gasteiger partial charge >= 0.3 is 16.6 Å². The average molecular weight is 292 g/mol. The van der Waals surface area contributed by atoms with E-state index in [1.54, 1.807) is 0 Å². The summed E-state index contributed by atoms with van der Waals surface area (Å²) in [6.07, 6.45) is -6.83. The van der Waals surface area contributed by atoms with Gasteiger partial charge < -0.3 is 4.18 Å². The van der Waals surface area contributed by atoms with Gasteiger partial charge in [-0.3, -0.25) is 4.55 Å². The first-order valence-electron chi connectivity index (χ1n) is 4.20. The SMILES string of the molecule is O=S(=O)(O)Oc1ccc(F)c(CC(F)(F)F)c1F. The van der Waals surface area contributed by atoms with Crippen LogP contribution in [0, 0.1) is 11.6 Å². The molecule has 4 nitrogen and oxygen atoms in total. The molecule has 0 saturated heterocycles. The summed E-state index contributed by atoms with van der Waals surface area (Å²) < 4.78 is 94.9.